The minimum absolute atomic E-state index is 0.143. The molecule has 0 amide bonds. The van der Waals surface area contributed by atoms with Crippen LogP contribution in [0, 0.1) is 0 Å². The second kappa shape index (κ2) is 11.1. The van der Waals surface area contributed by atoms with Gasteiger partial charge in [-0.2, -0.15) is 9.97 Å². The molecule has 0 N–H and O–H groups in total. The molecule has 0 atom stereocenters. The van der Waals surface area contributed by atoms with Gasteiger partial charge in [0, 0.05) is 43.8 Å². The predicted octanol–water partition coefficient (Wildman–Crippen LogP) is 11.7. The van der Waals surface area contributed by atoms with Crippen molar-refractivity contribution in [2.45, 2.75) is 19.3 Å². The molecule has 1 aliphatic rings. The van der Waals surface area contributed by atoms with Crippen LogP contribution in [0.3, 0.4) is 0 Å². The lowest BCUT2D eigenvalue weighted by Gasteiger charge is -2.21. The zero-order valence-corrected chi connectivity index (χ0v) is 29.3. The van der Waals surface area contributed by atoms with Gasteiger partial charge < -0.3 is 4.57 Å². The van der Waals surface area contributed by atoms with E-state index in [1.54, 1.807) is 0 Å². The van der Waals surface area contributed by atoms with Crippen LogP contribution in [0.4, 0.5) is 0 Å². The highest BCUT2D eigenvalue weighted by molar-refractivity contribution is 6.26. The molecule has 0 unspecified atom stereocenters. The molecule has 0 aliphatic heterocycles. The molecule has 3 aromatic heterocycles. The van der Waals surface area contributed by atoms with Crippen LogP contribution < -0.4 is 0 Å². The van der Waals surface area contributed by atoms with Crippen LogP contribution in [0.1, 0.15) is 25.0 Å². The van der Waals surface area contributed by atoms with Crippen molar-refractivity contribution >= 4 is 43.6 Å². The molecule has 0 bridgehead atoms. The summed E-state index contributed by atoms with van der Waals surface area (Å²) < 4.78 is 4.63. The minimum atomic E-state index is -0.143. The predicted molar refractivity (Wildman–Crippen MR) is 217 cm³/mol. The summed E-state index contributed by atoms with van der Waals surface area (Å²) in [6.45, 7) is 4.62. The van der Waals surface area contributed by atoms with Crippen molar-refractivity contribution in [3.05, 3.63) is 175 Å². The second-order valence-corrected chi connectivity index (χ2v) is 14.5. The highest BCUT2D eigenvalue weighted by Gasteiger charge is 2.35. The number of rotatable bonds is 4. The van der Waals surface area contributed by atoms with Crippen molar-refractivity contribution < 1.29 is 0 Å². The van der Waals surface area contributed by atoms with Crippen molar-refractivity contribution in [2.75, 3.05) is 0 Å². The fourth-order valence-electron chi connectivity index (χ4n) is 8.72. The van der Waals surface area contributed by atoms with Crippen LogP contribution in [0.5, 0.6) is 0 Å². The number of fused-ring (bicyclic) bond motifs is 10. The largest absolute Gasteiger partial charge is 0.309 e. The lowest BCUT2D eigenvalue weighted by Crippen LogP contribution is -2.15. The fourth-order valence-corrected chi connectivity index (χ4v) is 8.72. The highest BCUT2D eigenvalue weighted by Crippen LogP contribution is 2.49. The Morgan fingerprint density at radius 3 is 1.85 bits per heavy atom. The van der Waals surface area contributed by atoms with E-state index in [1.807, 2.05) is 18.2 Å². The van der Waals surface area contributed by atoms with Crippen molar-refractivity contribution in [3.8, 4) is 45.5 Å². The molecule has 0 saturated carbocycles. The van der Waals surface area contributed by atoms with E-state index >= 15 is 0 Å². The Bertz CT molecular complexity index is 3080. The van der Waals surface area contributed by atoms with Gasteiger partial charge in [0.05, 0.1) is 22.1 Å². The number of aromatic nitrogens is 5. The quantitative estimate of drug-likeness (QED) is 0.186. The zero-order chi connectivity index (χ0) is 35.3. The first-order valence-electron chi connectivity index (χ1n) is 18.1. The summed E-state index contributed by atoms with van der Waals surface area (Å²) in [5.74, 6) is 1.87. The van der Waals surface area contributed by atoms with E-state index in [1.165, 1.54) is 49.4 Å². The van der Waals surface area contributed by atoms with Crippen LogP contribution >= 0.6 is 0 Å². The van der Waals surface area contributed by atoms with E-state index in [-0.39, 0.29) is 5.41 Å². The lowest BCUT2D eigenvalue weighted by atomic mass is 9.82. The van der Waals surface area contributed by atoms with E-state index in [0.29, 0.717) is 17.6 Å². The standard InChI is InChI=1S/C48H33N5/c1-48(2)38-22-12-9-19-33(38)34-26-25-31(29-39(34)48)46-49-45(30-15-5-3-6-16-30)50-47(51-46)53-41-24-14-11-21-37(41)43-42(53)28-27-36-35-20-10-13-23-40(35)52(44(36)43)32-17-7-4-8-18-32/h3-29H,1-2H3. The summed E-state index contributed by atoms with van der Waals surface area (Å²) in [4.78, 5) is 15.7. The summed E-state index contributed by atoms with van der Waals surface area (Å²) in [5.41, 5.74) is 12.5. The summed E-state index contributed by atoms with van der Waals surface area (Å²) in [7, 11) is 0. The van der Waals surface area contributed by atoms with E-state index in [2.05, 4.69) is 169 Å². The van der Waals surface area contributed by atoms with Gasteiger partial charge in [-0.25, -0.2) is 4.98 Å². The molecule has 5 heteroatoms. The Hall–Kier alpha value is -6.85. The summed E-state index contributed by atoms with van der Waals surface area (Å²) >= 11 is 0. The Morgan fingerprint density at radius 2 is 1.06 bits per heavy atom. The summed E-state index contributed by atoms with van der Waals surface area (Å²) in [6, 6.07) is 58.1. The van der Waals surface area contributed by atoms with Crippen LogP contribution in [0.15, 0.2) is 164 Å². The van der Waals surface area contributed by atoms with Gasteiger partial charge in [-0.15, -0.1) is 0 Å². The lowest BCUT2D eigenvalue weighted by molar-refractivity contribution is 0.660. The number of hydrogen-bond acceptors (Lipinski definition) is 3. The van der Waals surface area contributed by atoms with E-state index in [0.717, 1.165) is 33.2 Å². The monoisotopic (exact) mass is 679 g/mol. The SMILES string of the molecule is CC1(C)c2ccccc2-c2ccc(-c3nc(-c4ccccc4)nc(-n4c5ccccc5c5c4ccc4c6ccccc6n(-c6ccccc6)c45)n3)cc21. The molecule has 250 valence electrons. The molecule has 1 aliphatic carbocycles. The Labute approximate surface area is 306 Å². The topological polar surface area (TPSA) is 48.5 Å². The third-order valence-electron chi connectivity index (χ3n) is 11.2. The normalized spacial score (nSPS) is 13.2. The van der Waals surface area contributed by atoms with E-state index in [9.17, 15) is 0 Å². The minimum Gasteiger partial charge on any atom is -0.309 e. The van der Waals surface area contributed by atoms with Crippen LogP contribution in [-0.4, -0.2) is 24.1 Å². The maximum atomic E-state index is 5.33. The Kier molecular flexibility index (Phi) is 6.23. The molecule has 7 aromatic carbocycles. The number of nitrogens with zero attached hydrogens (tertiary/aromatic N) is 5. The first-order chi connectivity index (χ1) is 26.1. The molecule has 3 heterocycles. The molecule has 0 spiro atoms. The molecular weight excluding hydrogens is 647 g/mol. The van der Waals surface area contributed by atoms with E-state index in [4.69, 9.17) is 15.0 Å². The van der Waals surface area contributed by atoms with Gasteiger partial charge in [0.1, 0.15) is 0 Å². The molecule has 11 rings (SSSR count). The van der Waals surface area contributed by atoms with Gasteiger partial charge in [-0.1, -0.05) is 141 Å². The van der Waals surface area contributed by atoms with Gasteiger partial charge >= 0.3 is 0 Å². The maximum absolute atomic E-state index is 5.33. The third kappa shape index (κ3) is 4.28. The Morgan fingerprint density at radius 1 is 0.434 bits per heavy atom. The van der Waals surface area contributed by atoms with Gasteiger partial charge in [0.15, 0.2) is 11.6 Å². The smallest absolute Gasteiger partial charge is 0.238 e. The first-order valence-corrected chi connectivity index (χ1v) is 18.1. The average Bonchev–Trinajstić information content (AvgIpc) is 3.81. The van der Waals surface area contributed by atoms with Gasteiger partial charge in [0.2, 0.25) is 5.95 Å². The molecule has 0 radical (unpaired) electrons. The second-order valence-electron chi connectivity index (χ2n) is 14.5. The molecule has 10 aromatic rings. The maximum Gasteiger partial charge on any atom is 0.238 e. The molecule has 0 fully saturated rings. The zero-order valence-electron chi connectivity index (χ0n) is 29.3. The Balaban J connectivity index is 1.21. The third-order valence-corrected chi connectivity index (χ3v) is 11.2. The molecule has 53 heavy (non-hydrogen) atoms. The first kappa shape index (κ1) is 29.8. The highest BCUT2D eigenvalue weighted by atomic mass is 15.2. The molecular formula is C48H33N5. The molecule has 5 nitrogen and oxygen atoms in total. The van der Waals surface area contributed by atoms with Crippen molar-refractivity contribution in [1.29, 1.82) is 0 Å². The van der Waals surface area contributed by atoms with E-state index < -0.39 is 0 Å². The number of hydrogen-bond donors (Lipinski definition) is 0. The molecule has 0 saturated heterocycles. The van der Waals surface area contributed by atoms with Gasteiger partial charge in [0.25, 0.3) is 0 Å². The number of para-hydroxylation sites is 3. The van der Waals surface area contributed by atoms with Crippen LogP contribution in [0.2, 0.25) is 0 Å². The van der Waals surface area contributed by atoms with Gasteiger partial charge in [-0.3, -0.25) is 4.57 Å². The van der Waals surface area contributed by atoms with Crippen molar-refractivity contribution in [2.24, 2.45) is 0 Å². The van der Waals surface area contributed by atoms with Crippen LogP contribution in [0.25, 0.3) is 89.2 Å². The number of benzene rings is 7. The van der Waals surface area contributed by atoms with Crippen molar-refractivity contribution in [3.63, 3.8) is 0 Å². The van der Waals surface area contributed by atoms with Gasteiger partial charge in [-0.05, 0) is 58.7 Å². The fraction of sp³-hybridized carbons (Fsp3) is 0.0625. The average molecular weight is 680 g/mol. The van der Waals surface area contributed by atoms with Crippen molar-refractivity contribution in [1.82, 2.24) is 24.1 Å². The van der Waals surface area contributed by atoms with Crippen LogP contribution in [-0.2, 0) is 5.41 Å². The summed E-state index contributed by atoms with van der Waals surface area (Å²) in [6.07, 6.45) is 0. The summed E-state index contributed by atoms with van der Waals surface area (Å²) in [5, 5.41) is 4.75.